The van der Waals surface area contributed by atoms with Crippen molar-refractivity contribution in [1.82, 2.24) is 4.98 Å². The second kappa shape index (κ2) is 7.66. The monoisotopic (exact) mass is 427 g/mol. The number of carbonyl (C=O) groups is 1. The Morgan fingerprint density at radius 3 is 2.19 bits per heavy atom. The van der Waals surface area contributed by atoms with E-state index in [2.05, 4.69) is 77.6 Å². The number of nitrogens with one attached hydrogen (secondary N) is 1. The summed E-state index contributed by atoms with van der Waals surface area (Å²) in [6, 6.07) is 19.1. The van der Waals surface area contributed by atoms with Gasteiger partial charge in [0, 0.05) is 47.7 Å². The van der Waals surface area contributed by atoms with Crippen molar-refractivity contribution in [2.45, 2.75) is 37.5 Å². The van der Waals surface area contributed by atoms with Crippen LogP contribution in [0.5, 0.6) is 0 Å². The summed E-state index contributed by atoms with van der Waals surface area (Å²) in [5.41, 5.74) is 6.72. The molecule has 5 rings (SSSR count). The minimum Gasteiger partial charge on any atom is -0.453 e. The molecule has 5 nitrogen and oxygen atoms in total. The van der Waals surface area contributed by atoms with E-state index in [1.165, 1.54) is 35.1 Å². The van der Waals surface area contributed by atoms with Crippen molar-refractivity contribution >= 4 is 17.5 Å². The molecule has 5 heteroatoms. The standard InChI is InChI=1S/C27H29N3O2/c1-26(19-8-5-4-6-9-19)11-14-30-15-12-27(2,20-10-7-13-28-18-20)23-17-21(29-25(31)32-3)16-22(26)24(23)30/h4-10,13,16-18H,11-12,14-15H2,1-3H3,(H,29,31)/t26-,27+/m1/s1. The van der Waals surface area contributed by atoms with Crippen molar-refractivity contribution in [2.24, 2.45) is 0 Å². The number of carbonyl (C=O) groups excluding carboxylic acids is 1. The van der Waals surface area contributed by atoms with Gasteiger partial charge in [0.15, 0.2) is 0 Å². The van der Waals surface area contributed by atoms with Crippen LogP contribution in [0.25, 0.3) is 0 Å². The molecule has 0 saturated carbocycles. The lowest BCUT2D eigenvalue weighted by Gasteiger charge is -2.50. The molecule has 1 aromatic heterocycles. The number of anilines is 2. The number of nitrogens with zero attached hydrogens (tertiary/aromatic N) is 2. The first-order valence-electron chi connectivity index (χ1n) is 11.2. The van der Waals surface area contributed by atoms with Gasteiger partial charge in [-0.25, -0.2) is 4.79 Å². The molecule has 0 spiro atoms. The van der Waals surface area contributed by atoms with Crippen LogP contribution in [0.2, 0.25) is 0 Å². The molecule has 0 radical (unpaired) electrons. The number of hydrogen-bond donors (Lipinski definition) is 1. The predicted molar refractivity (Wildman–Crippen MR) is 128 cm³/mol. The Balaban J connectivity index is 1.77. The van der Waals surface area contributed by atoms with Gasteiger partial charge in [0.25, 0.3) is 0 Å². The summed E-state index contributed by atoms with van der Waals surface area (Å²) in [7, 11) is 1.40. The molecule has 3 heterocycles. The van der Waals surface area contributed by atoms with Crippen molar-refractivity contribution < 1.29 is 9.53 Å². The molecule has 0 unspecified atom stereocenters. The van der Waals surface area contributed by atoms with E-state index in [1.807, 2.05) is 18.5 Å². The van der Waals surface area contributed by atoms with Crippen LogP contribution in [0.15, 0.2) is 67.0 Å². The van der Waals surface area contributed by atoms with Gasteiger partial charge in [-0.15, -0.1) is 0 Å². The predicted octanol–water partition coefficient (Wildman–Crippen LogP) is 5.49. The third-order valence-corrected chi connectivity index (χ3v) is 7.52. The fourth-order valence-corrected chi connectivity index (χ4v) is 5.47. The van der Waals surface area contributed by atoms with E-state index in [0.29, 0.717) is 0 Å². The summed E-state index contributed by atoms with van der Waals surface area (Å²) < 4.78 is 4.91. The summed E-state index contributed by atoms with van der Waals surface area (Å²) in [6.07, 6.45) is 5.36. The number of ether oxygens (including phenoxy) is 1. The maximum atomic E-state index is 12.1. The lowest BCUT2D eigenvalue weighted by atomic mass is 9.64. The molecule has 1 N–H and O–H groups in total. The summed E-state index contributed by atoms with van der Waals surface area (Å²) in [4.78, 5) is 19.1. The molecule has 1 amide bonds. The van der Waals surface area contributed by atoms with Gasteiger partial charge in [0.2, 0.25) is 0 Å². The van der Waals surface area contributed by atoms with Gasteiger partial charge in [-0.1, -0.05) is 50.2 Å². The molecule has 164 valence electrons. The van der Waals surface area contributed by atoms with Gasteiger partial charge in [-0.3, -0.25) is 10.3 Å². The lowest BCUT2D eigenvalue weighted by molar-refractivity contribution is 0.187. The van der Waals surface area contributed by atoms with Crippen LogP contribution >= 0.6 is 0 Å². The largest absolute Gasteiger partial charge is 0.453 e. The Hall–Kier alpha value is -3.34. The van der Waals surface area contributed by atoms with Crippen LogP contribution in [0.1, 0.15) is 48.9 Å². The first-order valence-corrected chi connectivity index (χ1v) is 11.2. The molecule has 0 fully saturated rings. The fourth-order valence-electron chi connectivity index (χ4n) is 5.47. The molecular weight excluding hydrogens is 398 g/mol. The van der Waals surface area contributed by atoms with Crippen LogP contribution in [-0.2, 0) is 15.6 Å². The SMILES string of the molecule is COC(=O)Nc1cc2c3c(c1)[C@@](C)(c1ccccc1)CCN3CC[C@@]2(C)c1cccnc1. The highest BCUT2D eigenvalue weighted by Crippen LogP contribution is 2.53. The number of methoxy groups -OCH3 is 1. The second-order valence-electron chi connectivity index (χ2n) is 9.30. The average Bonchev–Trinajstić information content (AvgIpc) is 2.84. The third-order valence-electron chi connectivity index (χ3n) is 7.52. The zero-order valence-corrected chi connectivity index (χ0v) is 18.9. The molecule has 0 saturated heterocycles. The zero-order chi connectivity index (χ0) is 22.3. The molecule has 2 aromatic carbocycles. The quantitative estimate of drug-likeness (QED) is 0.601. The summed E-state index contributed by atoms with van der Waals surface area (Å²) >= 11 is 0. The maximum absolute atomic E-state index is 12.1. The van der Waals surface area contributed by atoms with E-state index >= 15 is 0 Å². The second-order valence-corrected chi connectivity index (χ2v) is 9.30. The van der Waals surface area contributed by atoms with Crippen LogP contribution in [0, 0.1) is 0 Å². The Morgan fingerprint density at radius 1 is 0.969 bits per heavy atom. The van der Waals surface area contributed by atoms with Crippen LogP contribution in [-0.4, -0.2) is 31.3 Å². The highest BCUT2D eigenvalue weighted by molar-refractivity contribution is 5.87. The van der Waals surface area contributed by atoms with Gasteiger partial charge in [0.1, 0.15) is 0 Å². The summed E-state index contributed by atoms with van der Waals surface area (Å²) in [5, 5.41) is 2.94. The highest BCUT2D eigenvalue weighted by Gasteiger charge is 2.45. The number of rotatable bonds is 3. The third kappa shape index (κ3) is 3.15. The van der Waals surface area contributed by atoms with Gasteiger partial charge in [-0.2, -0.15) is 0 Å². The average molecular weight is 428 g/mol. The normalized spacial score (nSPS) is 23.9. The Kier molecular flexibility index (Phi) is 4.92. The highest BCUT2D eigenvalue weighted by atomic mass is 16.5. The van der Waals surface area contributed by atoms with E-state index in [9.17, 15) is 4.79 Å². The smallest absolute Gasteiger partial charge is 0.411 e. The minimum atomic E-state index is -0.454. The molecule has 3 aromatic rings. The summed E-state index contributed by atoms with van der Waals surface area (Å²) in [6.45, 7) is 6.64. The van der Waals surface area contributed by atoms with Crippen LogP contribution in [0.3, 0.4) is 0 Å². The van der Waals surface area contributed by atoms with Gasteiger partial charge in [0.05, 0.1) is 7.11 Å². The van der Waals surface area contributed by atoms with E-state index in [0.717, 1.165) is 31.6 Å². The van der Waals surface area contributed by atoms with Crippen LogP contribution < -0.4 is 10.2 Å². The Bertz CT molecular complexity index is 1070. The number of aromatic nitrogens is 1. The van der Waals surface area contributed by atoms with Crippen molar-refractivity contribution in [1.29, 1.82) is 0 Å². The number of hydrogen-bond acceptors (Lipinski definition) is 4. The van der Waals surface area contributed by atoms with Crippen molar-refractivity contribution in [2.75, 3.05) is 30.4 Å². The number of benzene rings is 2. The van der Waals surface area contributed by atoms with Crippen LogP contribution in [0.4, 0.5) is 16.2 Å². The minimum absolute atomic E-state index is 0.150. The van der Waals surface area contributed by atoms with Gasteiger partial charge >= 0.3 is 6.09 Å². The molecule has 0 aliphatic carbocycles. The molecular formula is C27H29N3O2. The Labute approximate surface area is 189 Å². The van der Waals surface area contributed by atoms with Gasteiger partial charge in [-0.05, 0) is 53.3 Å². The molecule has 0 bridgehead atoms. The molecule has 2 aliphatic rings. The fraction of sp³-hybridized carbons (Fsp3) is 0.333. The van der Waals surface area contributed by atoms with E-state index in [-0.39, 0.29) is 10.8 Å². The topological polar surface area (TPSA) is 54.5 Å². The lowest BCUT2D eigenvalue weighted by Crippen LogP contribution is -2.47. The Morgan fingerprint density at radius 2 is 1.59 bits per heavy atom. The van der Waals surface area contributed by atoms with Crippen molar-refractivity contribution in [3.05, 3.63) is 89.2 Å². The van der Waals surface area contributed by atoms with Gasteiger partial charge < -0.3 is 9.64 Å². The molecule has 32 heavy (non-hydrogen) atoms. The van der Waals surface area contributed by atoms with E-state index in [1.54, 1.807) is 0 Å². The zero-order valence-electron chi connectivity index (χ0n) is 18.9. The van der Waals surface area contributed by atoms with Crippen molar-refractivity contribution in [3.63, 3.8) is 0 Å². The first-order chi connectivity index (χ1) is 15.5. The summed E-state index contributed by atoms with van der Waals surface area (Å²) in [5.74, 6) is 0. The molecule has 2 aliphatic heterocycles. The maximum Gasteiger partial charge on any atom is 0.411 e. The molecule has 2 atom stereocenters. The van der Waals surface area contributed by atoms with E-state index < -0.39 is 6.09 Å². The number of amides is 1. The van der Waals surface area contributed by atoms with E-state index in [4.69, 9.17) is 4.74 Å². The first kappa shape index (κ1) is 20.6. The number of pyridine rings is 1. The van der Waals surface area contributed by atoms with Crippen molar-refractivity contribution in [3.8, 4) is 0 Å².